The van der Waals surface area contributed by atoms with Gasteiger partial charge in [0.15, 0.2) is 13.0 Å². The Kier molecular flexibility index (Phi) is 4.78. The van der Waals surface area contributed by atoms with Gasteiger partial charge in [0.2, 0.25) is 0 Å². The highest BCUT2D eigenvalue weighted by molar-refractivity contribution is 6.71. The second kappa shape index (κ2) is 6.35. The molecule has 1 aromatic rings. The highest BCUT2D eigenvalue weighted by atomic mass is 19.1. The predicted molar refractivity (Wildman–Crippen MR) is 71.9 cm³/mol. The average Bonchev–Trinajstić information content (AvgIpc) is 2.37. The van der Waals surface area contributed by atoms with Crippen LogP contribution in [0, 0.1) is 5.82 Å². The van der Waals surface area contributed by atoms with Crippen molar-refractivity contribution in [1.82, 2.24) is 0 Å². The molecule has 98 valence electrons. The van der Waals surface area contributed by atoms with Gasteiger partial charge < -0.3 is 9.47 Å². The van der Waals surface area contributed by atoms with Crippen molar-refractivity contribution in [1.29, 1.82) is 0 Å². The Morgan fingerprint density at radius 1 is 1.39 bits per heavy atom. The number of halogens is 1. The van der Waals surface area contributed by atoms with E-state index in [1.165, 1.54) is 6.07 Å². The van der Waals surface area contributed by atoms with Crippen LogP contribution in [0.1, 0.15) is 24.8 Å². The summed E-state index contributed by atoms with van der Waals surface area (Å²) in [6, 6.07) is 4.93. The second-order valence-corrected chi connectivity index (χ2v) is 5.10. The molecular weight excluding hydrogens is 230 g/mol. The van der Waals surface area contributed by atoms with Gasteiger partial charge in [-0.25, -0.2) is 4.39 Å². The van der Waals surface area contributed by atoms with Crippen LogP contribution in [0.25, 0.3) is 0 Å². The first-order valence-electron chi connectivity index (χ1n) is 6.68. The molecule has 2 rings (SSSR count). The molecule has 0 N–H and O–H groups in total. The van der Waals surface area contributed by atoms with Gasteiger partial charge in [-0.3, -0.25) is 0 Å². The maximum absolute atomic E-state index is 13.3. The smallest absolute Gasteiger partial charge is 0.170 e. The third kappa shape index (κ3) is 3.56. The molecular formula is C14H20BFO2. The first-order chi connectivity index (χ1) is 8.66. The lowest BCUT2D eigenvalue weighted by atomic mass is 9.48. The van der Waals surface area contributed by atoms with Gasteiger partial charge in [-0.05, 0) is 37.0 Å². The summed E-state index contributed by atoms with van der Waals surface area (Å²) >= 11 is 0. The van der Waals surface area contributed by atoms with Crippen molar-refractivity contribution in [2.24, 2.45) is 0 Å². The monoisotopic (exact) mass is 250 g/mol. The molecule has 0 spiro atoms. The number of rotatable bonds is 4. The molecule has 0 bridgehead atoms. The van der Waals surface area contributed by atoms with Crippen LogP contribution in [0.2, 0.25) is 13.6 Å². The Bertz CT molecular complexity index is 389. The van der Waals surface area contributed by atoms with E-state index in [9.17, 15) is 4.39 Å². The molecule has 18 heavy (non-hydrogen) atoms. The molecule has 4 heteroatoms. The van der Waals surface area contributed by atoms with Crippen molar-refractivity contribution in [3.05, 3.63) is 29.6 Å². The summed E-state index contributed by atoms with van der Waals surface area (Å²) in [4.78, 5) is 0. The molecule has 0 amide bonds. The highest BCUT2D eigenvalue weighted by Crippen LogP contribution is 2.15. The molecule has 0 saturated carbocycles. The lowest BCUT2D eigenvalue weighted by molar-refractivity contribution is -0.168. The zero-order valence-corrected chi connectivity index (χ0v) is 11.1. The lowest BCUT2D eigenvalue weighted by Gasteiger charge is -2.23. The SMILES string of the molecule is CB(C)c1ccc(F)cc1COC1CCCCO1. The van der Waals surface area contributed by atoms with E-state index in [0.29, 0.717) is 13.3 Å². The molecule has 1 aliphatic heterocycles. The van der Waals surface area contributed by atoms with Gasteiger partial charge in [0.1, 0.15) is 5.82 Å². The summed E-state index contributed by atoms with van der Waals surface area (Å²) < 4.78 is 24.5. The first kappa shape index (κ1) is 13.6. The van der Waals surface area contributed by atoms with Gasteiger partial charge in [0.25, 0.3) is 0 Å². The van der Waals surface area contributed by atoms with E-state index in [2.05, 4.69) is 13.6 Å². The van der Waals surface area contributed by atoms with Gasteiger partial charge >= 0.3 is 0 Å². The van der Waals surface area contributed by atoms with Crippen molar-refractivity contribution >= 4 is 12.2 Å². The van der Waals surface area contributed by atoms with Crippen LogP contribution in [0.5, 0.6) is 0 Å². The Morgan fingerprint density at radius 2 is 2.22 bits per heavy atom. The van der Waals surface area contributed by atoms with Crippen LogP contribution in [-0.2, 0) is 16.1 Å². The molecule has 0 aliphatic carbocycles. The Morgan fingerprint density at radius 3 is 2.89 bits per heavy atom. The first-order valence-corrected chi connectivity index (χ1v) is 6.68. The Balaban J connectivity index is 2.00. The van der Waals surface area contributed by atoms with Crippen LogP contribution >= 0.6 is 0 Å². The summed E-state index contributed by atoms with van der Waals surface area (Å²) in [5.41, 5.74) is 2.08. The predicted octanol–water partition coefficient (Wildman–Crippen LogP) is 2.83. The van der Waals surface area contributed by atoms with Gasteiger partial charge in [-0.15, -0.1) is 0 Å². The molecule has 1 atom stereocenters. The summed E-state index contributed by atoms with van der Waals surface area (Å²) in [5.74, 6) is -0.206. The second-order valence-electron chi connectivity index (χ2n) is 5.10. The van der Waals surface area contributed by atoms with Crippen LogP contribution in [-0.4, -0.2) is 19.6 Å². The zero-order valence-electron chi connectivity index (χ0n) is 11.1. The molecule has 0 radical (unpaired) electrons. The average molecular weight is 250 g/mol. The number of benzene rings is 1. The van der Waals surface area contributed by atoms with Crippen LogP contribution in [0.15, 0.2) is 18.2 Å². The largest absolute Gasteiger partial charge is 0.353 e. The van der Waals surface area contributed by atoms with E-state index in [4.69, 9.17) is 9.47 Å². The van der Waals surface area contributed by atoms with Gasteiger partial charge in [-0.1, -0.05) is 25.2 Å². The lowest BCUT2D eigenvalue weighted by Crippen LogP contribution is -2.29. The van der Waals surface area contributed by atoms with Crippen molar-refractivity contribution in [2.45, 2.75) is 45.8 Å². The maximum atomic E-state index is 13.3. The molecule has 1 aromatic carbocycles. The van der Waals surface area contributed by atoms with E-state index in [0.717, 1.165) is 36.9 Å². The fraction of sp³-hybridized carbons (Fsp3) is 0.571. The third-order valence-corrected chi connectivity index (χ3v) is 3.29. The van der Waals surface area contributed by atoms with Crippen molar-refractivity contribution < 1.29 is 13.9 Å². The van der Waals surface area contributed by atoms with Crippen LogP contribution in [0.3, 0.4) is 0 Å². The van der Waals surface area contributed by atoms with Gasteiger partial charge in [-0.2, -0.15) is 0 Å². The number of hydrogen-bond donors (Lipinski definition) is 0. The van der Waals surface area contributed by atoms with Gasteiger partial charge in [0, 0.05) is 6.61 Å². The Labute approximate surface area is 109 Å². The highest BCUT2D eigenvalue weighted by Gasteiger charge is 2.16. The minimum absolute atomic E-state index is 0.123. The van der Waals surface area contributed by atoms with Crippen molar-refractivity contribution in [3.63, 3.8) is 0 Å². The fourth-order valence-electron chi connectivity index (χ4n) is 2.29. The topological polar surface area (TPSA) is 18.5 Å². The van der Waals surface area contributed by atoms with Crippen molar-refractivity contribution in [2.75, 3.05) is 6.61 Å². The minimum Gasteiger partial charge on any atom is -0.353 e. The summed E-state index contributed by atoms with van der Waals surface area (Å²) in [6.45, 7) is 5.78. The molecule has 1 fully saturated rings. The summed E-state index contributed by atoms with van der Waals surface area (Å²) in [6.07, 6.45) is 3.07. The fourth-order valence-corrected chi connectivity index (χ4v) is 2.29. The number of hydrogen-bond acceptors (Lipinski definition) is 2. The van der Waals surface area contributed by atoms with E-state index in [-0.39, 0.29) is 12.1 Å². The van der Waals surface area contributed by atoms with Crippen molar-refractivity contribution in [3.8, 4) is 0 Å². The molecule has 1 unspecified atom stereocenters. The normalized spacial score (nSPS) is 19.8. The maximum Gasteiger partial charge on any atom is 0.170 e. The molecule has 2 nitrogen and oxygen atoms in total. The number of ether oxygens (including phenoxy) is 2. The Hall–Kier alpha value is -0.865. The van der Waals surface area contributed by atoms with E-state index in [1.54, 1.807) is 6.07 Å². The van der Waals surface area contributed by atoms with E-state index in [1.807, 2.05) is 6.07 Å². The zero-order chi connectivity index (χ0) is 13.0. The quantitative estimate of drug-likeness (QED) is 0.765. The molecule has 1 aliphatic rings. The third-order valence-electron chi connectivity index (χ3n) is 3.29. The van der Waals surface area contributed by atoms with Crippen LogP contribution in [0.4, 0.5) is 4.39 Å². The van der Waals surface area contributed by atoms with Crippen LogP contribution < -0.4 is 5.46 Å². The molecule has 0 aromatic heterocycles. The van der Waals surface area contributed by atoms with E-state index < -0.39 is 0 Å². The summed E-state index contributed by atoms with van der Waals surface area (Å²) in [5, 5.41) is 0. The molecule has 1 saturated heterocycles. The standard InChI is InChI=1S/C14H20BFO2/c1-15(2)13-7-6-12(16)9-11(13)10-18-14-5-3-4-8-17-14/h6-7,9,14H,3-5,8,10H2,1-2H3. The van der Waals surface area contributed by atoms with Gasteiger partial charge in [0.05, 0.1) is 6.61 Å². The van der Waals surface area contributed by atoms with E-state index >= 15 is 0 Å². The summed E-state index contributed by atoms with van der Waals surface area (Å²) in [7, 11) is 0. The minimum atomic E-state index is -0.206. The molecule has 1 heterocycles.